The highest BCUT2D eigenvalue weighted by atomic mass is 35.5. The predicted octanol–water partition coefficient (Wildman–Crippen LogP) is 1.01. The Balaban J connectivity index is -0.000000376. The van der Waals surface area contributed by atoms with Gasteiger partial charge in [-0.05, 0) is 35.0 Å². The van der Waals surface area contributed by atoms with Crippen molar-refractivity contribution in [1.29, 1.82) is 0 Å². The number of nitrogens with zero attached hydrogens (tertiary/aromatic N) is 1. The van der Waals surface area contributed by atoms with Crippen LogP contribution in [0.5, 0.6) is 0 Å². The third kappa shape index (κ3) is 9.51. The number of rotatable bonds is 3. The Labute approximate surface area is 92.5 Å². The van der Waals surface area contributed by atoms with E-state index < -0.39 is 0 Å². The molecule has 0 aliphatic carbocycles. The fourth-order valence-electron chi connectivity index (χ4n) is 0.361. The minimum Gasteiger partial charge on any atom is -0.443 e. The first kappa shape index (κ1) is 19.1. The van der Waals surface area contributed by atoms with E-state index in [9.17, 15) is 4.79 Å². The van der Waals surface area contributed by atoms with Crippen molar-refractivity contribution in [2.75, 3.05) is 21.1 Å². The lowest BCUT2D eigenvalue weighted by Gasteiger charge is -2.19. The number of halogens is 1. The van der Waals surface area contributed by atoms with Gasteiger partial charge in [-0.25, -0.2) is 4.79 Å². The molecule has 0 saturated heterocycles. The molecule has 14 heavy (non-hydrogen) atoms. The summed E-state index contributed by atoms with van der Waals surface area (Å²) in [5, 5.41) is 0. The topological polar surface area (TPSA) is 55.6 Å². The van der Waals surface area contributed by atoms with Gasteiger partial charge in [-0.15, -0.1) is 12.4 Å². The van der Waals surface area contributed by atoms with Crippen molar-refractivity contribution in [3.05, 3.63) is 12.2 Å². The Bertz CT molecular complexity index is 172. The Hall–Kier alpha value is -0.580. The molecule has 0 heterocycles. The van der Waals surface area contributed by atoms with Gasteiger partial charge >= 0.3 is 5.97 Å². The summed E-state index contributed by atoms with van der Waals surface area (Å²) in [4.78, 5) is 12.7. The fourth-order valence-corrected chi connectivity index (χ4v) is 0.361. The maximum atomic E-state index is 10.9. The second-order valence-corrected chi connectivity index (χ2v) is 2.75. The molecule has 1 atom stereocenters. The molecule has 0 rings (SSSR count). The average molecular weight is 225 g/mol. The first-order chi connectivity index (χ1) is 5.95. The minimum atomic E-state index is -0.341. The molecule has 1 unspecified atom stereocenters. The number of carbonyl (C=O) groups excluding carboxylic acids is 1. The van der Waals surface area contributed by atoms with Crippen molar-refractivity contribution >= 4 is 18.4 Å². The largest absolute Gasteiger partial charge is 0.443 e. The van der Waals surface area contributed by atoms with Gasteiger partial charge < -0.3 is 10.5 Å². The van der Waals surface area contributed by atoms with Gasteiger partial charge in [0, 0.05) is 5.57 Å². The van der Waals surface area contributed by atoms with Crippen LogP contribution in [0, 0.1) is 0 Å². The second kappa shape index (κ2) is 10.5. The molecule has 0 aromatic carbocycles. The smallest absolute Gasteiger partial charge is 0.334 e. The van der Waals surface area contributed by atoms with Gasteiger partial charge in [-0.3, -0.25) is 4.90 Å². The Morgan fingerprint density at radius 3 is 2.00 bits per heavy atom. The third-order valence-electron chi connectivity index (χ3n) is 1.35. The van der Waals surface area contributed by atoms with Gasteiger partial charge in [0.2, 0.25) is 0 Å². The van der Waals surface area contributed by atoms with Crippen molar-refractivity contribution in [3.63, 3.8) is 0 Å². The molecule has 4 nitrogen and oxygen atoms in total. The molecular formula is C9H21ClN2O2. The summed E-state index contributed by atoms with van der Waals surface area (Å²) in [6, 6.07) is 0. The molecule has 2 N–H and O–H groups in total. The van der Waals surface area contributed by atoms with Crippen LogP contribution in [0.4, 0.5) is 0 Å². The molecule has 0 aliphatic rings. The zero-order valence-electron chi connectivity index (χ0n) is 9.53. The van der Waals surface area contributed by atoms with Gasteiger partial charge in [0.15, 0.2) is 6.23 Å². The molecule has 0 aromatic rings. The first-order valence-electron chi connectivity index (χ1n) is 4.05. The molecule has 0 amide bonds. The summed E-state index contributed by atoms with van der Waals surface area (Å²) in [7, 11) is 5.19. The van der Waals surface area contributed by atoms with Crippen molar-refractivity contribution in [2.24, 2.45) is 5.73 Å². The third-order valence-corrected chi connectivity index (χ3v) is 1.35. The van der Waals surface area contributed by atoms with Gasteiger partial charge in [0.25, 0.3) is 0 Å². The van der Waals surface area contributed by atoms with Gasteiger partial charge in [-0.1, -0.05) is 6.58 Å². The Morgan fingerprint density at radius 1 is 1.43 bits per heavy atom. The van der Waals surface area contributed by atoms with E-state index in [0.29, 0.717) is 5.57 Å². The molecule has 0 fully saturated rings. The van der Waals surface area contributed by atoms with E-state index in [0.717, 1.165) is 0 Å². The molecule has 86 valence electrons. The zero-order valence-corrected chi connectivity index (χ0v) is 10.4. The highest BCUT2D eigenvalue weighted by Gasteiger charge is 2.10. The van der Waals surface area contributed by atoms with Crippen LogP contribution in [0.2, 0.25) is 0 Å². The molecule has 0 bridgehead atoms. The lowest BCUT2D eigenvalue weighted by Crippen LogP contribution is -2.30. The van der Waals surface area contributed by atoms with Crippen molar-refractivity contribution in [2.45, 2.75) is 20.1 Å². The molecule has 0 spiro atoms. The van der Waals surface area contributed by atoms with E-state index in [4.69, 9.17) is 4.74 Å². The van der Waals surface area contributed by atoms with E-state index in [1.54, 1.807) is 18.7 Å². The number of hydrogen-bond donors (Lipinski definition) is 1. The normalized spacial score (nSPS) is 10.5. The van der Waals surface area contributed by atoms with Crippen molar-refractivity contribution in [3.8, 4) is 0 Å². The number of esters is 1. The van der Waals surface area contributed by atoms with Crippen LogP contribution < -0.4 is 5.73 Å². The van der Waals surface area contributed by atoms with E-state index >= 15 is 0 Å². The summed E-state index contributed by atoms with van der Waals surface area (Å²) in [5.41, 5.74) is 4.93. The van der Waals surface area contributed by atoms with Crippen LogP contribution in [0.25, 0.3) is 0 Å². The number of ether oxygens (including phenoxy) is 1. The van der Waals surface area contributed by atoms with Crippen LogP contribution in [0.15, 0.2) is 12.2 Å². The zero-order chi connectivity index (χ0) is 11.0. The number of carbonyl (C=O) groups is 1. The monoisotopic (exact) mass is 224 g/mol. The van der Waals surface area contributed by atoms with E-state index in [-0.39, 0.29) is 24.6 Å². The molecule has 0 radical (unpaired) electrons. The molecule has 0 saturated carbocycles. The summed E-state index contributed by atoms with van der Waals surface area (Å²) in [5.74, 6) is -0.341. The SMILES string of the molecule is C=C(C)C(=O)OC(C)N(C)C.CN.Cl. The van der Waals surface area contributed by atoms with Crippen LogP contribution in [0.1, 0.15) is 13.8 Å². The van der Waals surface area contributed by atoms with Gasteiger partial charge in [0.05, 0.1) is 0 Å². The Morgan fingerprint density at radius 2 is 1.79 bits per heavy atom. The maximum absolute atomic E-state index is 10.9. The highest BCUT2D eigenvalue weighted by molar-refractivity contribution is 5.87. The molecular weight excluding hydrogens is 204 g/mol. The first-order valence-corrected chi connectivity index (χ1v) is 4.05. The fraction of sp³-hybridized carbons (Fsp3) is 0.667. The summed E-state index contributed by atoms with van der Waals surface area (Å²) >= 11 is 0. The van der Waals surface area contributed by atoms with E-state index in [1.165, 1.54) is 7.05 Å². The lowest BCUT2D eigenvalue weighted by molar-refractivity contribution is -0.150. The minimum absolute atomic E-state index is 0. The quantitative estimate of drug-likeness (QED) is 0.442. The van der Waals surface area contributed by atoms with E-state index in [2.05, 4.69) is 12.3 Å². The lowest BCUT2D eigenvalue weighted by atomic mass is 10.4. The standard InChI is InChI=1S/C8H15NO2.CH5N.ClH/c1-6(2)8(10)11-7(3)9(4)5;1-2;/h7H,1H2,2-5H3;2H2,1H3;1H. The summed E-state index contributed by atoms with van der Waals surface area (Å²) in [6.07, 6.45) is -0.195. The highest BCUT2D eigenvalue weighted by Crippen LogP contribution is 1.99. The Kier molecular flexibility index (Phi) is 14.3. The van der Waals surface area contributed by atoms with Crippen LogP contribution >= 0.6 is 12.4 Å². The van der Waals surface area contributed by atoms with Crippen molar-refractivity contribution < 1.29 is 9.53 Å². The number of hydrogen-bond acceptors (Lipinski definition) is 4. The van der Waals surface area contributed by atoms with E-state index in [1.807, 2.05) is 14.1 Å². The van der Waals surface area contributed by atoms with Crippen molar-refractivity contribution in [1.82, 2.24) is 4.90 Å². The maximum Gasteiger partial charge on any atom is 0.334 e. The predicted molar refractivity (Wildman–Crippen MR) is 61.4 cm³/mol. The van der Waals surface area contributed by atoms with Crippen LogP contribution in [-0.2, 0) is 9.53 Å². The molecule has 0 aromatic heterocycles. The molecule has 0 aliphatic heterocycles. The molecule has 5 heteroatoms. The van der Waals surface area contributed by atoms with Crippen LogP contribution in [-0.4, -0.2) is 38.2 Å². The van der Waals surface area contributed by atoms with Gasteiger partial charge in [-0.2, -0.15) is 0 Å². The number of nitrogens with two attached hydrogens (primary N) is 1. The van der Waals surface area contributed by atoms with Crippen LogP contribution in [0.3, 0.4) is 0 Å². The summed E-state index contributed by atoms with van der Waals surface area (Å²) in [6.45, 7) is 6.91. The van der Waals surface area contributed by atoms with Gasteiger partial charge in [0.1, 0.15) is 0 Å². The summed E-state index contributed by atoms with van der Waals surface area (Å²) < 4.78 is 4.96. The average Bonchev–Trinajstić information content (AvgIpc) is 2.07. The second-order valence-electron chi connectivity index (χ2n) is 2.75.